The predicted octanol–water partition coefficient (Wildman–Crippen LogP) is 3.54. The van der Waals surface area contributed by atoms with Gasteiger partial charge in [0.25, 0.3) is 0 Å². The summed E-state index contributed by atoms with van der Waals surface area (Å²) in [5.74, 6) is 3.33. The van der Waals surface area contributed by atoms with Gasteiger partial charge in [-0.1, -0.05) is 26.7 Å². The molecule has 0 aromatic carbocycles. The van der Waals surface area contributed by atoms with Crippen LogP contribution in [-0.4, -0.2) is 22.6 Å². The Morgan fingerprint density at radius 3 is 2.68 bits per heavy atom. The van der Waals surface area contributed by atoms with E-state index in [-0.39, 0.29) is 0 Å². The molecule has 106 valence electrons. The molecule has 4 heteroatoms. The van der Waals surface area contributed by atoms with Crippen LogP contribution < -0.4 is 10.6 Å². The second kappa shape index (κ2) is 6.73. The highest BCUT2D eigenvalue weighted by Gasteiger charge is 2.27. The molecule has 2 N–H and O–H groups in total. The molecule has 1 aromatic rings. The van der Waals surface area contributed by atoms with Crippen LogP contribution >= 0.6 is 0 Å². The topological polar surface area (TPSA) is 49.8 Å². The molecule has 1 saturated carbocycles. The summed E-state index contributed by atoms with van der Waals surface area (Å²) in [7, 11) is 0. The van der Waals surface area contributed by atoms with Crippen LogP contribution in [0.5, 0.6) is 0 Å². The van der Waals surface area contributed by atoms with Crippen LogP contribution in [0, 0.1) is 11.8 Å². The molecule has 1 aliphatic carbocycles. The first-order chi connectivity index (χ1) is 9.20. The van der Waals surface area contributed by atoms with Crippen LogP contribution in [0.3, 0.4) is 0 Å². The minimum absolute atomic E-state index is 0.554. The lowest BCUT2D eigenvalue weighted by Crippen LogP contribution is -2.35. The van der Waals surface area contributed by atoms with Crippen molar-refractivity contribution in [1.29, 1.82) is 0 Å². The van der Waals surface area contributed by atoms with Gasteiger partial charge in [-0.05, 0) is 31.6 Å². The fourth-order valence-corrected chi connectivity index (χ4v) is 3.04. The molecule has 19 heavy (non-hydrogen) atoms. The molecule has 1 fully saturated rings. The van der Waals surface area contributed by atoms with E-state index in [0.717, 1.165) is 30.0 Å². The molecule has 0 saturated heterocycles. The van der Waals surface area contributed by atoms with Crippen LogP contribution in [0.1, 0.15) is 46.5 Å². The highest BCUT2D eigenvalue weighted by Crippen LogP contribution is 2.32. The Kier molecular flexibility index (Phi) is 5.00. The van der Waals surface area contributed by atoms with E-state index in [2.05, 4.69) is 41.4 Å². The minimum Gasteiger partial charge on any atom is -0.370 e. The zero-order chi connectivity index (χ0) is 13.7. The summed E-state index contributed by atoms with van der Waals surface area (Å²) >= 11 is 0. The Bertz CT molecular complexity index is 391. The third-order valence-electron chi connectivity index (χ3n) is 4.03. The van der Waals surface area contributed by atoms with Gasteiger partial charge in [-0.2, -0.15) is 0 Å². The molecular formula is C15H26N4. The monoisotopic (exact) mass is 262 g/mol. The van der Waals surface area contributed by atoms with E-state index in [1.54, 1.807) is 6.33 Å². The maximum atomic E-state index is 4.35. The first-order valence-corrected chi connectivity index (χ1v) is 7.53. The minimum atomic E-state index is 0.554. The first kappa shape index (κ1) is 14.1. The summed E-state index contributed by atoms with van der Waals surface area (Å²) in [6.45, 7) is 7.61. The number of hydrogen-bond donors (Lipinski definition) is 2. The average molecular weight is 262 g/mol. The van der Waals surface area contributed by atoms with Gasteiger partial charge in [0.05, 0.1) is 0 Å². The molecular weight excluding hydrogens is 236 g/mol. The molecule has 0 spiro atoms. The lowest BCUT2D eigenvalue weighted by molar-refractivity contribution is 0.253. The molecule has 4 nitrogen and oxygen atoms in total. The van der Waals surface area contributed by atoms with Gasteiger partial charge in [-0.25, -0.2) is 9.97 Å². The van der Waals surface area contributed by atoms with E-state index < -0.39 is 0 Å². The molecule has 0 aliphatic heterocycles. The Morgan fingerprint density at radius 1 is 1.21 bits per heavy atom. The summed E-state index contributed by atoms with van der Waals surface area (Å²) < 4.78 is 0. The molecule has 2 rings (SSSR count). The molecule has 0 bridgehead atoms. The molecule has 1 heterocycles. The third-order valence-corrected chi connectivity index (χ3v) is 4.03. The van der Waals surface area contributed by atoms with E-state index in [1.165, 1.54) is 25.7 Å². The van der Waals surface area contributed by atoms with Crippen LogP contribution in [-0.2, 0) is 0 Å². The van der Waals surface area contributed by atoms with Gasteiger partial charge in [0, 0.05) is 18.7 Å². The molecule has 1 aromatic heterocycles. The van der Waals surface area contributed by atoms with Crippen molar-refractivity contribution < 1.29 is 0 Å². The van der Waals surface area contributed by atoms with Crippen LogP contribution in [0.25, 0.3) is 0 Å². The van der Waals surface area contributed by atoms with Gasteiger partial charge in [0.15, 0.2) is 0 Å². The van der Waals surface area contributed by atoms with Gasteiger partial charge in [-0.15, -0.1) is 0 Å². The number of nitrogens with zero attached hydrogens (tertiary/aromatic N) is 2. The summed E-state index contributed by atoms with van der Waals surface area (Å²) in [5, 5.41) is 6.85. The number of nitrogens with one attached hydrogen (secondary N) is 2. The van der Waals surface area contributed by atoms with Crippen LogP contribution in [0.2, 0.25) is 0 Å². The van der Waals surface area contributed by atoms with Gasteiger partial charge in [0.1, 0.15) is 18.0 Å². The second-order valence-corrected chi connectivity index (χ2v) is 5.76. The van der Waals surface area contributed by atoms with Crippen molar-refractivity contribution in [3.63, 3.8) is 0 Å². The maximum Gasteiger partial charge on any atom is 0.131 e. The van der Waals surface area contributed by atoms with Crippen molar-refractivity contribution in [3.8, 4) is 0 Å². The fourth-order valence-electron chi connectivity index (χ4n) is 3.04. The van der Waals surface area contributed by atoms with Crippen molar-refractivity contribution in [2.24, 2.45) is 11.8 Å². The highest BCUT2D eigenvalue weighted by atomic mass is 15.1. The molecule has 2 atom stereocenters. The number of hydrogen-bond acceptors (Lipinski definition) is 4. The summed E-state index contributed by atoms with van der Waals surface area (Å²) in [6, 6.07) is 2.56. The van der Waals surface area contributed by atoms with Gasteiger partial charge in [0.2, 0.25) is 0 Å². The van der Waals surface area contributed by atoms with Crippen LogP contribution in [0.15, 0.2) is 12.4 Å². The summed E-state index contributed by atoms with van der Waals surface area (Å²) in [5.41, 5.74) is 0. The zero-order valence-electron chi connectivity index (χ0n) is 12.3. The quantitative estimate of drug-likeness (QED) is 0.852. The Hall–Kier alpha value is -1.32. The van der Waals surface area contributed by atoms with Gasteiger partial charge in [-0.3, -0.25) is 0 Å². The molecule has 1 aliphatic rings. The smallest absolute Gasteiger partial charge is 0.131 e. The first-order valence-electron chi connectivity index (χ1n) is 7.53. The standard InChI is InChI=1S/C15H26N4/c1-4-16-14-9-15(18-10-17-14)19-13-8-6-5-7-12(13)11(2)3/h9-13H,4-8H2,1-3H3,(H2,16,17,18,19). The molecule has 0 amide bonds. The maximum absolute atomic E-state index is 4.35. The Balaban J connectivity index is 2.04. The largest absolute Gasteiger partial charge is 0.370 e. The van der Waals surface area contributed by atoms with Crippen molar-refractivity contribution in [2.45, 2.75) is 52.5 Å². The normalized spacial score (nSPS) is 23.4. The lowest BCUT2D eigenvalue weighted by Gasteiger charge is -2.35. The van der Waals surface area contributed by atoms with Crippen molar-refractivity contribution >= 4 is 11.6 Å². The summed E-state index contributed by atoms with van der Waals surface area (Å²) in [4.78, 5) is 8.56. The number of rotatable bonds is 5. The molecule has 0 radical (unpaired) electrons. The van der Waals surface area contributed by atoms with Gasteiger partial charge < -0.3 is 10.6 Å². The van der Waals surface area contributed by atoms with E-state index >= 15 is 0 Å². The SMILES string of the molecule is CCNc1cc(NC2CCCCC2C(C)C)ncn1. The lowest BCUT2D eigenvalue weighted by atomic mass is 9.78. The predicted molar refractivity (Wildman–Crippen MR) is 80.4 cm³/mol. The average Bonchev–Trinajstić information content (AvgIpc) is 2.40. The fraction of sp³-hybridized carbons (Fsp3) is 0.733. The third kappa shape index (κ3) is 3.82. The van der Waals surface area contributed by atoms with Gasteiger partial charge >= 0.3 is 0 Å². The molecule has 2 unspecified atom stereocenters. The van der Waals surface area contributed by atoms with E-state index in [0.29, 0.717) is 6.04 Å². The summed E-state index contributed by atoms with van der Waals surface area (Å²) in [6.07, 6.45) is 6.91. The van der Waals surface area contributed by atoms with Crippen LogP contribution in [0.4, 0.5) is 11.6 Å². The second-order valence-electron chi connectivity index (χ2n) is 5.76. The van der Waals surface area contributed by atoms with Crippen molar-refractivity contribution in [3.05, 3.63) is 12.4 Å². The van der Waals surface area contributed by atoms with Crippen molar-refractivity contribution in [2.75, 3.05) is 17.2 Å². The van der Waals surface area contributed by atoms with E-state index in [9.17, 15) is 0 Å². The Morgan fingerprint density at radius 2 is 1.95 bits per heavy atom. The Labute approximate surface area is 116 Å². The number of aromatic nitrogens is 2. The van der Waals surface area contributed by atoms with E-state index in [4.69, 9.17) is 0 Å². The number of anilines is 2. The highest BCUT2D eigenvalue weighted by molar-refractivity contribution is 5.47. The zero-order valence-corrected chi connectivity index (χ0v) is 12.3. The van der Waals surface area contributed by atoms with E-state index in [1.807, 2.05) is 6.07 Å². The van der Waals surface area contributed by atoms with Crippen molar-refractivity contribution in [1.82, 2.24) is 9.97 Å².